The van der Waals surface area contributed by atoms with E-state index in [9.17, 15) is 4.79 Å². The van der Waals surface area contributed by atoms with Crippen LogP contribution in [-0.4, -0.2) is 11.9 Å². The molecule has 0 aromatic heterocycles. The van der Waals surface area contributed by atoms with Crippen LogP contribution in [0.1, 0.15) is 12.5 Å². The van der Waals surface area contributed by atoms with Gasteiger partial charge in [0.2, 0.25) is 5.91 Å². The van der Waals surface area contributed by atoms with Crippen LogP contribution in [-0.2, 0) is 11.3 Å². The second-order valence-corrected chi connectivity index (χ2v) is 7.47. The summed E-state index contributed by atoms with van der Waals surface area (Å²) in [5.41, 5.74) is 5.24. The average molecular weight is 407 g/mol. The number of para-hydroxylation sites is 2. The zero-order valence-electron chi connectivity index (χ0n) is 17.6. The monoisotopic (exact) mass is 406 g/mol. The van der Waals surface area contributed by atoms with E-state index in [1.165, 1.54) is 16.7 Å². The van der Waals surface area contributed by atoms with Crippen LogP contribution in [0.15, 0.2) is 115 Å². The fraction of sp³-hybridized carbons (Fsp3) is 0.107. The van der Waals surface area contributed by atoms with Gasteiger partial charge in [-0.25, -0.2) is 0 Å². The van der Waals surface area contributed by atoms with E-state index in [0.717, 1.165) is 11.4 Å². The van der Waals surface area contributed by atoms with E-state index in [1.54, 1.807) is 4.90 Å². The summed E-state index contributed by atoms with van der Waals surface area (Å²) in [6.07, 6.45) is 0. The minimum absolute atomic E-state index is 0.00888. The minimum Gasteiger partial charge on any atom is -0.302 e. The molecule has 0 heterocycles. The van der Waals surface area contributed by atoms with E-state index < -0.39 is 0 Å². The van der Waals surface area contributed by atoms with Gasteiger partial charge < -0.3 is 5.32 Å². The molecule has 3 nitrogen and oxygen atoms in total. The summed E-state index contributed by atoms with van der Waals surface area (Å²) in [4.78, 5) is 15.3. The van der Waals surface area contributed by atoms with Gasteiger partial charge in [0, 0.05) is 17.9 Å². The zero-order valence-corrected chi connectivity index (χ0v) is 17.6. The maximum atomic E-state index is 13.5. The highest BCUT2D eigenvalue weighted by atomic mass is 16.2. The molecule has 1 unspecified atom stereocenters. The number of nitrogens with one attached hydrogen (secondary N) is 1. The number of rotatable bonds is 7. The molecule has 154 valence electrons. The molecule has 0 aliphatic carbocycles. The number of hydrogen-bond acceptors (Lipinski definition) is 2. The zero-order chi connectivity index (χ0) is 21.5. The molecule has 4 aromatic rings. The number of benzene rings is 4. The normalized spacial score (nSPS) is 11.6. The molecule has 1 N–H and O–H groups in total. The highest BCUT2D eigenvalue weighted by molar-refractivity contribution is 6.03. The Morgan fingerprint density at radius 2 is 1.19 bits per heavy atom. The van der Waals surface area contributed by atoms with Crippen LogP contribution in [0.2, 0.25) is 0 Å². The van der Waals surface area contributed by atoms with Crippen molar-refractivity contribution in [1.82, 2.24) is 5.32 Å². The van der Waals surface area contributed by atoms with Crippen molar-refractivity contribution in [2.24, 2.45) is 0 Å². The molecule has 0 fully saturated rings. The van der Waals surface area contributed by atoms with E-state index in [4.69, 9.17) is 0 Å². The lowest BCUT2D eigenvalue weighted by molar-refractivity contribution is -0.119. The largest absolute Gasteiger partial charge is 0.302 e. The Balaban J connectivity index is 1.54. The summed E-state index contributed by atoms with van der Waals surface area (Å²) >= 11 is 0. The summed E-state index contributed by atoms with van der Waals surface area (Å²) in [5, 5.41) is 3.44. The highest BCUT2D eigenvalue weighted by Gasteiger charge is 2.23. The van der Waals surface area contributed by atoms with Crippen LogP contribution in [0, 0.1) is 0 Å². The maximum Gasteiger partial charge on any atom is 0.248 e. The predicted molar refractivity (Wildman–Crippen MR) is 128 cm³/mol. The van der Waals surface area contributed by atoms with Crippen LogP contribution in [0.3, 0.4) is 0 Å². The predicted octanol–water partition coefficient (Wildman–Crippen LogP) is 6.20. The summed E-state index contributed by atoms with van der Waals surface area (Å²) < 4.78 is 0. The first-order valence-electron chi connectivity index (χ1n) is 10.5. The molecule has 0 radical (unpaired) electrons. The van der Waals surface area contributed by atoms with Crippen molar-refractivity contribution in [2.45, 2.75) is 19.5 Å². The molecule has 0 aliphatic rings. The van der Waals surface area contributed by atoms with Crippen molar-refractivity contribution in [3.63, 3.8) is 0 Å². The fourth-order valence-corrected chi connectivity index (χ4v) is 3.68. The molecule has 0 aliphatic heterocycles. The van der Waals surface area contributed by atoms with Crippen LogP contribution < -0.4 is 10.2 Å². The second kappa shape index (κ2) is 9.88. The molecule has 1 atom stereocenters. The van der Waals surface area contributed by atoms with E-state index >= 15 is 0 Å². The first-order valence-corrected chi connectivity index (χ1v) is 10.5. The average Bonchev–Trinajstić information content (AvgIpc) is 2.85. The topological polar surface area (TPSA) is 32.3 Å². The Morgan fingerprint density at radius 3 is 1.77 bits per heavy atom. The van der Waals surface area contributed by atoms with Gasteiger partial charge >= 0.3 is 0 Å². The third-order valence-corrected chi connectivity index (χ3v) is 5.32. The van der Waals surface area contributed by atoms with Gasteiger partial charge in [-0.2, -0.15) is 0 Å². The van der Waals surface area contributed by atoms with Gasteiger partial charge in [-0.1, -0.05) is 91.0 Å². The standard InChI is InChI=1S/C28H26N2O/c1-22(29-21-24-15-11-12-20-27(24)23-13-5-2-6-14-23)28(31)30(25-16-7-3-8-17-25)26-18-9-4-10-19-26/h2-20,22,29H,21H2,1H3. The van der Waals surface area contributed by atoms with Gasteiger partial charge in [0.25, 0.3) is 0 Å². The lowest BCUT2D eigenvalue weighted by atomic mass is 9.99. The van der Waals surface area contributed by atoms with E-state index in [0.29, 0.717) is 6.54 Å². The Hall–Kier alpha value is -3.69. The first kappa shape index (κ1) is 20.6. The van der Waals surface area contributed by atoms with Crippen molar-refractivity contribution in [1.29, 1.82) is 0 Å². The van der Waals surface area contributed by atoms with Crippen molar-refractivity contribution in [3.05, 3.63) is 121 Å². The van der Waals surface area contributed by atoms with Crippen LogP contribution in [0.5, 0.6) is 0 Å². The minimum atomic E-state index is -0.357. The molecule has 0 spiro atoms. The molecule has 31 heavy (non-hydrogen) atoms. The Morgan fingerprint density at radius 1 is 0.710 bits per heavy atom. The number of anilines is 2. The van der Waals surface area contributed by atoms with E-state index in [-0.39, 0.29) is 11.9 Å². The number of carbonyl (C=O) groups is 1. The molecule has 1 amide bonds. The van der Waals surface area contributed by atoms with Crippen molar-refractivity contribution in [2.75, 3.05) is 4.90 Å². The molecule has 3 heteroatoms. The third kappa shape index (κ3) is 4.90. The second-order valence-electron chi connectivity index (χ2n) is 7.47. The molecule has 4 aromatic carbocycles. The molecular weight excluding hydrogens is 380 g/mol. The smallest absolute Gasteiger partial charge is 0.248 e. The lowest BCUT2D eigenvalue weighted by Gasteiger charge is -2.27. The Labute approximate surface area is 184 Å². The van der Waals surface area contributed by atoms with Crippen molar-refractivity contribution in [3.8, 4) is 11.1 Å². The van der Waals surface area contributed by atoms with Gasteiger partial charge in [0.1, 0.15) is 0 Å². The number of amides is 1. The van der Waals surface area contributed by atoms with Crippen LogP contribution in [0.25, 0.3) is 11.1 Å². The molecular formula is C28H26N2O. The molecule has 0 saturated heterocycles. The number of hydrogen-bond donors (Lipinski definition) is 1. The first-order chi connectivity index (χ1) is 15.2. The Kier molecular flexibility index (Phi) is 6.56. The van der Waals surface area contributed by atoms with Gasteiger partial charge in [0.15, 0.2) is 0 Å². The molecule has 0 saturated carbocycles. The van der Waals surface area contributed by atoms with Crippen molar-refractivity contribution < 1.29 is 4.79 Å². The maximum absolute atomic E-state index is 13.5. The van der Waals surface area contributed by atoms with Gasteiger partial charge in [-0.05, 0) is 47.9 Å². The van der Waals surface area contributed by atoms with Gasteiger partial charge in [-0.3, -0.25) is 9.69 Å². The third-order valence-electron chi connectivity index (χ3n) is 5.32. The highest BCUT2D eigenvalue weighted by Crippen LogP contribution is 2.26. The fourth-order valence-electron chi connectivity index (χ4n) is 3.68. The lowest BCUT2D eigenvalue weighted by Crippen LogP contribution is -2.42. The van der Waals surface area contributed by atoms with E-state index in [2.05, 4.69) is 29.6 Å². The number of nitrogens with zero attached hydrogens (tertiary/aromatic N) is 1. The SMILES string of the molecule is CC(NCc1ccccc1-c1ccccc1)C(=O)N(c1ccccc1)c1ccccc1. The molecule has 4 rings (SSSR count). The van der Waals surface area contributed by atoms with Gasteiger partial charge in [0.05, 0.1) is 6.04 Å². The molecule has 0 bridgehead atoms. The summed E-state index contributed by atoms with van der Waals surface area (Å²) in [5.74, 6) is 0.00888. The van der Waals surface area contributed by atoms with E-state index in [1.807, 2.05) is 97.9 Å². The Bertz CT molecular complexity index is 1070. The summed E-state index contributed by atoms with van der Waals surface area (Å²) in [6.45, 7) is 2.53. The number of carbonyl (C=O) groups excluding carboxylic acids is 1. The summed E-state index contributed by atoms with van der Waals surface area (Å²) in [7, 11) is 0. The summed E-state index contributed by atoms with van der Waals surface area (Å²) in [6, 6.07) is 37.9. The quantitative estimate of drug-likeness (QED) is 0.396. The van der Waals surface area contributed by atoms with Crippen molar-refractivity contribution >= 4 is 17.3 Å². The van der Waals surface area contributed by atoms with Crippen LogP contribution in [0.4, 0.5) is 11.4 Å². The van der Waals surface area contributed by atoms with Crippen LogP contribution >= 0.6 is 0 Å². The van der Waals surface area contributed by atoms with Gasteiger partial charge in [-0.15, -0.1) is 0 Å².